The molecule has 124 valence electrons. The number of likely N-dealkylation sites (N-methyl/N-ethyl adjacent to an activating group) is 1. The lowest BCUT2D eigenvalue weighted by Crippen LogP contribution is -2.61. The summed E-state index contributed by atoms with van der Waals surface area (Å²) in [5.41, 5.74) is 0.161. The van der Waals surface area contributed by atoms with Crippen LogP contribution < -0.4 is 4.71 Å². The number of quaternary nitrogens is 1. The first-order valence-corrected chi connectivity index (χ1v) is 7.36. The number of hydrogen-bond donors (Lipinski definition) is 0. The predicted octanol–water partition coefficient (Wildman–Crippen LogP) is 1.45. The topological polar surface area (TPSA) is 59.1 Å². The van der Waals surface area contributed by atoms with Crippen molar-refractivity contribution < 1.29 is 23.5 Å². The van der Waals surface area contributed by atoms with Crippen molar-refractivity contribution in [2.24, 2.45) is 0 Å². The largest absolute Gasteiger partial charge is 0.565 e. The third kappa shape index (κ3) is 2.48. The Balaban J connectivity index is 2.05. The van der Waals surface area contributed by atoms with Crippen LogP contribution in [-0.4, -0.2) is 61.1 Å². The van der Waals surface area contributed by atoms with Gasteiger partial charge in [-0.05, 0) is 0 Å². The van der Waals surface area contributed by atoms with E-state index in [1.165, 1.54) is 31.0 Å². The molecule has 2 fully saturated rings. The van der Waals surface area contributed by atoms with Gasteiger partial charge in [0, 0.05) is 41.8 Å². The van der Waals surface area contributed by atoms with Gasteiger partial charge in [-0.15, -0.1) is 0 Å². The number of ether oxygens (including phenoxy) is 2. The first-order chi connectivity index (χ1) is 11.0. The second-order valence-corrected chi connectivity index (χ2v) is 5.64. The van der Waals surface area contributed by atoms with Crippen LogP contribution in [0.5, 0.6) is 0 Å². The van der Waals surface area contributed by atoms with Gasteiger partial charge in [0.2, 0.25) is 5.91 Å². The van der Waals surface area contributed by atoms with Gasteiger partial charge in [-0.1, -0.05) is 18.2 Å². The molecule has 0 saturated carbocycles. The molecule has 3 rings (SSSR count). The molecule has 2 heterocycles. The minimum absolute atomic E-state index is 0.161. The molecule has 0 radical (unpaired) electrons. The van der Waals surface area contributed by atoms with Gasteiger partial charge in [-0.25, -0.2) is 4.90 Å². The summed E-state index contributed by atoms with van der Waals surface area (Å²) in [6, 6.07) is 8.11. The van der Waals surface area contributed by atoms with Crippen molar-refractivity contribution >= 4 is 17.7 Å². The van der Waals surface area contributed by atoms with E-state index in [2.05, 4.69) is 0 Å². The molecule has 2 amide bonds. The average molecular weight is 324 g/mol. The van der Waals surface area contributed by atoms with E-state index in [1.54, 1.807) is 23.1 Å². The highest BCUT2D eigenvalue weighted by molar-refractivity contribution is 5.84. The lowest BCUT2D eigenvalue weighted by atomic mass is 10.2. The van der Waals surface area contributed by atoms with Crippen molar-refractivity contribution in [3.05, 3.63) is 30.3 Å². The number of benzene rings is 1. The van der Waals surface area contributed by atoms with Crippen molar-refractivity contribution in [2.45, 2.75) is 19.3 Å². The molecule has 0 spiro atoms. The second kappa shape index (κ2) is 5.88. The molecule has 2 saturated heterocycles. The number of halogens is 1. The van der Waals surface area contributed by atoms with Crippen LogP contribution in [-0.2, 0) is 14.3 Å². The third-order valence-corrected chi connectivity index (χ3v) is 4.27. The van der Waals surface area contributed by atoms with E-state index in [0.29, 0.717) is 13.2 Å². The van der Waals surface area contributed by atoms with Crippen LogP contribution in [0.1, 0.15) is 6.92 Å². The molecule has 3 unspecified atom stereocenters. The van der Waals surface area contributed by atoms with E-state index in [4.69, 9.17) is 9.47 Å². The average Bonchev–Trinajstić information content (AvgIpc) is 3.15. The van der Waals surface area contributed by atoms with Gasteiger partial charge in [-0.2, -0.15) is 4.79 Å². The van der Waals surface area contributed by atoms with Crippen molar-refractivity contribution in [3.8, 4) is 0 Å². The van der Waals surface area contributed by atoms with Gasteiger partial charge in [0.05, 0.1) is 6.61 Å². The Morgan fingerprint density at radius 2 is 2.09 bits per heavy atom. The summed E-state index contributed by atoms with van der Waals surface area (Å²) in [5, 5.41) is 0. The normalized spacial score (nSPS) is 31.2. The summed E-state index contributed by atoms with van der Waals surface area (Å²) in [4.78, 5) is 27.0. The van der Waals surface area contributed by atoms with Crippen LogP contribution in [0.2, 0.25) is 0 Å². The number of hydrogen-bond acceptors (Lipinski definition) is 5. The maximum absolute atomic E-state index is 15.9. The minimum Gasteiger partial charge on any atom is -0.384 e. The lowest BCUT2D eigenvalue weighted by molar-refractivity contribution is -0.141. The van der Waals surface area contributed by atoms with Crippen LogP contribution in [0.15, 0.2) is 30.3 Å². The molecule has 2 aliphatic rings. The summed E-state index contributed by atoms with van der Waals surface area (Å²) >= 11 is 0. The Kier molecular flexibility index (Phi) is 4.05. The van der Waals surface area contributed by atoms with Gasteiger partial charge < -0.3 is 14.4 Å². The molecule has 0 aliphatic carbocycles. The Bertz CT molecular complexity index is 608. The summed E-state index contributed by atoms with van der Waals surface area (Å²) < 4.78 is 24.9. The van der Waals surface area contributed by atoms with E-state index >= 15 is 4.48 Å². The SMILES string of the molecule is CC(=O)N(C)C1OC(=O)[N+](F)(c2ccccc2)C1N1CCOC1. The fourth-order valence-corrected chi connectivity index (χ4v) is 2.93. The first kappa shape index (κ1) is 15.9. The van der Waals surface area contributed by atoms with E-state index in [1.807, 2.05) is 0 Å². The Hall–Kier alpha value is -2.03. The zero-order valence-electron chi connectivity index (χ0n) is 13.0. The van der Waals surface area contributed by atoms with Crippen molar-refractivity contribution in [3.63, 3.8) is 0 Å². The smallest absolute Gasteiger partial charge is 0.384 e. The van der Waals surface area contributed by atoms with Gasteiger partial charge in [0.25, 0.3) is 12.4 Å². The molecule has 7 nitrogen and oxygen atoms in total. The number of carbonyl (C=O) groups excluding carboxylic acids is 2. The van der Waals surface area contributed by atoms with Crippen LogP contribution in [0.4, 0.5) is 15.0 Å². The zero-order chi connectivity index (χ0) is 16.6. The molecule has 3 atom stereocenters. The van der Waals surface area contributed by atoms with Gasteiger partial charge in [0.15, 0.2) is 5.69 Å². The molecule has 8 heteroatoms. The summed E-state index contributed by atoms with van der Waals surface area (Å²) in [6.45, 7) is 2.43. The molecule has 0 N–H and O–H groups in total. The van der Waals surface area contributed by atoms with Crippen molar-refractivity contribution in [2.75, 3.05) is 26.9 Å². The van der Waals surface area contributed by atoms with Gasteiger partial charge in [0.1, 0.15) is 6.73 Å². The van der Waals surface area contributed by atoms with Crippen LogP contribution in [0, 0.1) is 0 Å². The number of nitrogens with zero attached hydrogens (tertiary/aromatic N) is 3. The fourth-order valence-electron chi connectivity index (χ4n) is 2.93. The molecule has 23 heavy (non-hydrogen) atoms. The summed E-state index contributed by atoms with van der Waals surface area (Å²) in [5.74, 6) is -0.311. The molecule has 0 bridgehead atoms. The lowest BCUT2D eigenvalue weighted by Gasteiger charge is -2.32. The molecule has 1 aromatic carbocycles. The quantitative estimate of drug-likeness (QED) is 0.788. The minimum atomic E-state index is -1.54. The number of rotatable bonds is 3. The monoisotopic (exact) mass is 324 g/mol. The molecular formula is C15H19FN3O4+. The second-order valence-electron chi connectivity index (χ2n) is 5.64. The number of cyclic esters (lactones) is 1. The highest BCUT2D eigenvalue weighted by Gasteiger charge is 2.67. The van der Waals surface area contributed by atoms with Gasteiger partial charge >= 0.3 is 6.09 Å². The molecule has 1 aromatic rings. The maximum Gasteiger partial charge on any atom is 0.565 e. The Labute approximate surface area is 133 Å². The number of carbonyl (C=O) groups is 2. The fraction of sp³-hybridized carbons (Fsp3) is 0.467. The number of amides is 2. The summed E-state index contributed by atoms with van der Waals surface area (Å²) in [7, 11) is 1.49. The van der Waals surface area contributed by atoms with Crippen LogP contribution in [0.25, 0.3) is 0 Å². The Morgan fingerprint density at radius 3 is 2.65 bits per heavy atom. The molecule has 0 aromatic heterocycles. The predicted molar refractivity (Wildman–Crippen MR) is 79.4 cm³/mol. The van der Waals surface area contributed by atoms with E-state index in [0.717, 1.165) is 0 Å². The highest BCUT2D eigenvalue weighted by atomic mass is 19.2. The van der Waals surface area contributed by atoms with E-state index in [9.17, 15) is 9.59 Å². The highest BCUT2D eigenvalue weighted by Crippen LogP contribution is 2.39. The molecule has 2 aliphatic heterocycles. The van der Waals surface area contributed by atoms with Crippen molar-refractivity contribution in [1.29, 1.82) is 0 Å². The van der Waals surface area contributed by atoms with E-state index in [-0.39, 0.29) is 18.3 Å². The standard InChI is InChI=1S/C15H19FN3O4/c1-11(20)17(2)14-13(18-8-9-22-10-18)19(16,15(21)23-14)12-6-4-3-5-7-12/h3-7,13-14H,8-10H2,1-2H3/q+1. The Morgan fingerprint density at radius 1 is 1.39 bits per heavy atom. The maximum atomic E-state index is 15.9. The summed E-state index contributed by atoms with van der Waals surface area (Å²) in [6.07, 6.45) is -3.07. The zero-order valence-corrected chi connectivity index (χ0v) is 13.0. The van der Waals surface area contributed by atoms with E-state index < -0.39 is 23.2 Å². The third-order valence-electron chi connectivity index (χ3n) is 4.27. The molecular weight excluding hydrogens is 305 g/mol. The number of para-hydroxylation sites is 1. The van der Waals surface area contributed by atoms with Crippen LogP contribution >= 0.6 is 0 Å². The van der Waals surface area contributed by atoms with Gasteiger partial charge in [-0.3, -0.25) is 4.79 Å². The van der Waals surface area contributed by atoms with Crippen LogP contribution in [0.3, 0.4) is 0 Å². The van der Waals surface area contributed by atoms with Crippen molar-refractivity contribution in [1.82, 2.24) is 14.5 Å². The first-order valence-electron chi connectivity index (χ1n) is 7.36.